The van der Waals surface area contributed by atoms with Crippen LogP contribution in [-0.2, 0) is 7.05 Å². The van der Waals surface area contributed by atoms with Crippen LogP contribution >= 0.6 is 0 Å². The van der Waals surface area contributed by atoms with Crippen molar-refractivity contribution >= 4 is 23.1 Å². The molecule has 1 aliphatic heterocycles. The molecule has 4 rings (SSSR count). The molecule has 1 aliphatic rings. The Morgan fingerprint density at radius 1 is 1.03 bits per heavy atom. The Balaban J connectivity index is 1.50. The lowest BCUT2D eigenvalue weighted by atomic mass is 9.98. The first kappa shape index (κ1) is 25.7. The number of aromatic nitrogens is 3. The third-order valence-electron chi connectivity index (χ3n) is 6.47. The van der Waals surface area contributed by atoms with Crippen molar-refractivity contribution in [2.45, 2.75) is 26.2 Å². The molecule has 0 fully saturated rings. The second kappa shape index (κ2) is 11.6. The fourth-order valence-corrected chi connectivity index (χ4v) is 4.47. The monoisotopic (exact) mass is 497 g/mol. The van der Waals surface area contributed by atoms with Gasteiger partial charge in [-0.1, -0.05) is 74.0 Å². The Morgan fingerprint density at radius 2 is 1.70 bits per heavy atom. The van der Waals surface area contributed by atoms with Crippen LogP contribution in [0.1, 0.15) is 37.3 Å². The van der Waals surface area contributed by atoms with Crippen LogP contribution in [0.15, 0.2) is 65.7 Å². The normalized spacial score (nSPS) is 13.8. The molecule has 0 saturated heterocycles. The maximum Gasteiger partial charge on any atom is 0.188 e. The van der Waals surface area contributed by atoms with Crippen LogP contribution < -0.4 is 17.2 Å². The van der Waals surface area contributed by atoms with Gasteiger partial charge in [0.15, 0.2) is 23.6 Å². The van der Waals surface area contributed by atoms with Crippen molar-refractivity contribution in [3.63, 3.8) is 0 Å². The van der Waals surface area contributed by atoms with Gasteiger partial charge in [-0.3, -0.25) is 5.41 Å². The predicted octanol–water partition coefficient (Wildman–Crippen LogP) is 3.59. The van der Waals surface area contributed by atoms with Crippen molar-refractivity contribution < 1.29 is 0 Å². The first-order valence-electron chi connectivity index (χ1n) is 12.5. The van der Waals surface area contributed by atoms with Crippen LogP contribution in [0, 0.1) is 5.41 Å². The first-order valence-corrected chi connectivity index (χ1v) is 12.5. The Bertz CT molecular complexity index is 1320. The number of guanidine groups is 2. The number of aryl methyl sites for hydroxylation is 1. The minimum absolute atomic E-state index is 0.0983. The van der Waals surface area contributed by atoms with E-state index in [0.29, 0.717) is 18.9 Å². The van der Waals surface area contributed by atoms with Crippen molar-refractivity contribution in [1.82, 2.24) is 19.7 Å². The minimum Gasteiger partial charge on any atom is -0.370 e. The van der Waals surface area contributed by atoms with Crippen LogP contribution in [0.3, 0.4) is 0 Å². The minimum atomic E-state index is 0.0983. The topological polar surface area (TPSA) is 148 Å². The predicted molar refractivity (Wildman–Crippen MR) is 152 cm³/mol. The zero-order valence-corrected chi connectivity index (χ0v) is 21.5. The molecule has 2 heterocycles. The standard InChI is InChI=1S/C28H35N9/c1-3-4-19(13-16-33-27(29)30)20-5-9-23(10-6-20)25-34-26(36(2)35-25)24-11-7-21(8-12-24)22-14-17-37(18-15-22)28(31)32/h5-14H,3-4,15-18H2,1-2H3,(H3,31,32)(H4,29,30,33)/b19-13+. The van der Waals surface area contributed by atoms with Gasteiger partial charge in [-0.2, -0.15) is 5.10 Å². The fourth-order valence-electron chi connectivity index (χ4n) is 4.47. The van der Waals surface area contributed by atoms with E-state index < -0.39 is 0 Å². The highest BCUT2D eigenvalue weighted by Crippen LogP contribution is 2.28. The van der Waals surface area contributed by atoms with Gasteiger partial charge < -0.3 is 22.1 Å². The molecule has 0 atom stereocenters. The number of rotatable bonds is 8. The lowest BCUT2D eigenvalue weighted by Gasteiger charge is -2.26. The summed E-state index contributed by atoms with van der Waals surface area (Å²) in [5, 5.41) is 12.3. The van der Waals surface area contributed by atoms with Crippen LogP contribution in [0.2, 0.25) is 0 Å². The summed E-state index contributed by atoms with van der Waals surface area (Å²) in [5.74, 6) is 1.73. The van der Waals surface area contributed by atoms with E-state index in [0.717, 1.165) is 48.3 Å². The maximum absolute atomic E-state index is 7.60. The Hall–Kier alpha value is -4.40. The molecule has 0 amide bonds. The maximum atomic E-state index is 7.60. The van der Waals surface area contributed by atoms with E-state index in [1.807, 2.05) is 16.6 Å². The van der Waals surface area contributed by atoms with Gasteiger partial charge in [0.1, 0.15) is 0 Å². The molecule has 0 bridgehead atoms. The van der Waals surface area contributed by atoms with Gasteiger partial charge in [0.2, 0.25) is 0 Å². The molecule has 37 heavy (non-hydrogen) atoms. The molecule has 0 unspecified atom stereocenters. The summed E-state index contributed by atoms with van der Waals surface area (Å²) in [6, 6.07) is 16.7. The molecule has 192 valence electrons. The van der Waals surface area contributed by atoms with Crippen LogP contribution in [-0.4, -0.2) is 51.2 Å². The van der Waals surface area contributed by atoms with Gasteiger partial charge in [0.25, 0.3) is 0 Å². The molecule has 7 N–H and O–H groups in total. The van der Waals surface area contributed by atoms with E-state index in [1.165, 1.54) is 16.7 Å². The SMILES string of the molecule is CCC/C(=C\CN=C(N)N)c1ccc(-c2nc(-c3ccc(C4=CCN(C(=N)N)CC4)cc3)n(C)n2)cc1. The number of nitrogens with zero attached hydrogens (tertiary/aromatic N) is 5. The van der Waals surface area contributed by atoms with E-state index in [-0.39, 0.29) is 11.9 Å². The summed E-state index contributed by atoms with van der Waals surface area (Å²) in [5.41, 5.74) is 23.3. The summed E-state index contributed by atoms with van der Waals surface area (Å²) < 4.78 is 1.82. The molecule has 3 aromatic rings. The zero-order chi connectivity index (χ0) is 26.4. The largest absolute Gasteiger partial charge is 0.370 e. The number of aliphatic imine (C=N–C) groups is 1. The summed E-state index contributed by atoms with van der Waals surface area (Å²) >= 11 is 0. The molecule has 0 radical (unpaired) electrons. The van der Waals surface area contributed by atoms with Crippen LogP contribution in [0.25, 0.3) is 33.9 Å². The van der Waals surface area contributed by atoms with Crippen molar-refractivity contribution in [3.05, 3.63) is 71.8 Å². The molecule has 2 aromatic carbocycles. The third kappa shape index (κ3) is 6.24. The summed E-state index contributed by atoms with van der Waals surface area (Å²) in [4.78, 5) is 10.8. The summed E-state index contributed by atoms with van der Waals surface area (Å²) in [7, 11) is 1.92. The number of allylic oxidation sites excluding steroid dienone is 1. The second-order valence-corrected chi connectivity index (χ2v) is 9.09. The van der Waals surface area contributed by atoms with E-state index in [4.69, 9.17) is 27.6 Å². The van der Waals surface area contributed by atoms with E-state index in [1.54, 1.807) is 0 Å². The molecular weight excluding hydrogens is 462 g/mol. The van der Waals surface area contributed by atoms with Crippen molar-refractivity contribution in [1.29, 1.82) is 5.41 Å². The van der Waals surface area contributed by atoms with Gasteiger partial charge in [-0.15, -0.1) is 0 Å². The summed E-state index contributed by atoms with van der Waals surface area (Å²) in [6.45, 7) is 4.06. The Kier molecular flexibility index (Phi) is 8.02. The van der Waals surface area contributed by atoms with Gasteiger partial charge in [0, 0.05) is 31.3 Å². The lowest BCUT2D eigenvalue weighted by Crippen LogP contribution is -2.39. The smallest absolute Gasteiger partial charge is 0.188 e. The molecule has 0 aliphatic carbocycles. The Labute approximate surface area is 217 Å². The number of hydrogen-bond acceptors (Lipinski definition) is 4. The van der Waals surface area contributed by atoms with Crippen molar-refractivity contribution in [2.75, 3.05) is 19.6 Å². The molecular formula is C28H35N9. The number of benzene rings is 2. The summed E-state index contributed by atoms with van der Waals surface area (Å²) in [6.07, 6.45) is 7.07. The molecule has 0 saturated carbocycles. The molecule has 9 heteroatoms. The average Bonchev–Trinajstić information content (AvgIpc) is 3.30. The third-order valence-corrected chi connectivity index (χ3v) is 6.47. The fraction of sp³-hybridized carbons (Fsp3) is 0.286. The average molecular weight is 498 g/mol. The highest BCUT2D eigenvalue weighted by molar-refractivity contribution is 5.78. The molecule has 9 nitrogen and oxygen atoms in total. The zero-order valence-electron chi connectivity index (χ0n) is 21.5. The highest BCUT2D eigenvalue weighted by atomic mass is 15.3. The van der Waals surface area contributed by atoms with Crippen LogP contribution in [0.4, 0.5) is 0 Å². The van der Waals surface area contributed by atoms with Gasteiger partial charge in [0.05, 0.1) is 6.54 Å². The van der Waals surface area contributed by atoms with Gasteiger partial charge >= 0.3 is 0 Å². The van der Waals surface area contributed by atoms with Gasteiger partial charge in [-0.25, -0.2) is 14.7 Å². The van der Waals surface area contributed by atoms with Crippen molar-refractivity contribution in [3.8, 4) is 22.8 Å². The quantitative estimate of drug-likeness (QED) is 0.276. The molecule has 1 aromatic heterocycles. The molecule has 0 spiro atoms. The van der Waals surface area contributed by atoms with Crippen molar-refractivity contribution in [2.24, 2.45) is 29.2 Å². The van der Waals surface area contributed by atoms with E-state index >= 15 is 0 Å². The highest BCUT2D eigenvalue weighted by Gasteiger charge is 2.15. The number of nitrogens with two attached hydrogens (primary N) is 3. The van der Waals surface area contributed by atoms with Gasteiger partial charge in [-0.05, 0) is 35.1 Å². The Morgan fingerprint density at radius 3 is 2.30 bits per heavy atom. The second-order valence-electron chi connectivity index (χ2n) is 9.09. The van der Waals surface area contributed by atoms with Crippen LogP contribution in [0.5, 0.6) is 0 Å². The number of hydrogen-bond donors (Lipinski definition) is 4. The lowest BCUT2D eigenvalue weighted by molar-refractivity contribution is 0.451. The first-order chi connectivity index (χ1) is 17.9. The van der Waals surface area contributed by atoms with E-state index in [2.05, 4.69) is 77.7 Å². The number of nitrogens with one attached hydrogen (secondary N) is 1. The van der Waals surface area contributed by atoms with E-state index in [9.17, 15) is 0 Å².